The van der Waals surface area contributed by atoms with Gasteiger partial charge in [-0.15, -0.1) is 11.3 Å². The average molecular weight is 434 g/mol. The van der Waals surface area contributed by atoms with Crippen LogP contribution in [0.15, 0.2) is 52.3 Å². The molecule has 3 aromatic rings. The molecule has 1 heterocycles. The van der Waals surface area contributed by atoms with Crippen molar-refractivity contribution >= 4 is 39.0 Å². The zero-order valence-electron chi connectivity index (χ0n) is 14.1. The van der Waals surface area contributed by atoms with Gasteiger partial charge in [0.1, 0.15) is 10.8 Å². The van der Waals surface area contributed by atoms with Gasteiger partial charge in [0.2, 0.25) is 0 Å². The summed E-state index contributed by atoms with van der Waals surface area (Å²) < 4.78 is 13.6. The second-order valence-electron chi connectivity index (χ2n) is 5.77. The third kappa shape index (κ3) is 4.89. The van der Waals surface area contributed by atoms with Gasteiger partial charge in [-0.05, 0) is 41.1 Å². The topological polar surface area (TPSA) is 54.0 Å². The maximum absolute atomic E-state index is 13.1. The van der Waals surface area contributed by atoms with Crippen molar-refractivity contribution in [3.05, 3.63) is 69.4 Å². The molecule has 0 aliphatic carbocycles. The summed E-state index contributed by atoms with van der Waals surface area (Å²) in [5, 5.41) is 8.43. The summed E-state index contributed by atoms with van der Waals surface area (Å²) in [6.45, 7) is 2.51. The SMILES string of the molecule is Cc1ccc(-c2nc(CCNC(=O)Nc3ccc(F)cc3Br)cs2)cc1. The molecule has 2 N–H and O–H groups in total. The van der Waals surface area contributed by atoms with Crippen LogP contribution in [0.5, 0.6) is 0 Å². The number of hydrogen-bond acceptors (Lipinski definition) is 3. The van der Waals surface area contributed by atoms with Crippen molar-refractivity contribution in [3.8, 4) is 10.6 Å². The van der Waals surface area contributed by atoms with Gasteiger partial charge >= 0.3 is 6.03 Å². The Kier molecular flexibility index (Phi) is 6.00. The molecule has 7 heteroatoms. The number of aryl methyl sites for hydroxylation is 1. The van der Waals surface area contributed by atoms with Crippen molar-refractivity contribution in [1.82, 2.24) is 10.3 Å². The third-order valence-corrected chi connectivity index (χ3v) is 5.29. The van der Waals surface area contributed by atoms with Gasteiger partial charge in [-0.3, -0.25) is 0 Å². The van der Waals surface area contributed by atoms with E-state index in [1.54, 1.807) is 11.3 Å². The predicted molar refractivity (Wildman–Crippen MR) is 107 cm³/mol. The van der Waals surface area contributed by atoms with E-state index in [-0.39, 0.29) is 11.8 Å². The number of urea groups is 1. The third-order valence-electron chi connectivity index (χ3n) is 3.70. The zero-order valence-corrected chi connectivity index (χ0v) is 16.5. The van der Waals surface area contributed by atoms with Gasteiger partial charge in [-0.25, -0.2) is 14.2 Å². The smallest absolute Gasteiger partial charge is 0.319 e. The Labute approximate surface area is 163 Å². The number of rotatable bonds is 5. The molecule has 4 nitrogen and oxygen atoms in total. The highest BCUT2D eigenvalue weighted by molar-refractivity contribution is 9.10. The number of nitrogens with zero attached hydrogens (tertiary/aromatic N) is 1. The molecule has 0 bridgehead atoms. The van der Waals surface area contributed by atoms with E-state index in [4.69, 9.17) is 0 Å². The second-order valence-corrected chi connectivity index (χ2v) is 7.48. The largest absolute Gasteiger partial charge is 0.337 e. The number of nitrogens with one attached hydrogen (secondary N) is 2. The summed E-state index contributed by atoms with van der Waals surface area (Å²) in [5.74, 6) is -0.365. The number of benzene rings is 2. The van der Waals surface area contributed by atoms with Crippen molar-refractivity contribution < 1.29 is 9.18 Å². The second kappa shape index (κ2) is 8.42. The molecule has 26 heavy (non-hydrogen) atoms. The van der Waals surface area contributed by atoms with E-state index in [1.165, 1.54) is 23.8 Å². The fourth-order valence-electron chi connectivity index (χ4n) is 2.31. The predicted octanol–water partition coefficient (Wildman–Crippen LogP) is 5.38. The van der Waals surface area contributed by atoms with E-state index >= 15 is 0 Å². The molecular formula is C19H17BrFN3OS. The van der Waals surface area contributed by atoms with Gasteiger partial charge in [-0.2, -0.15) is 0 Å². The molecule has 0 saturated carbocycles. The summed E-state index contributed by atoms with van der Waals surface area (Å²) in [5.41, 5.74) is 3.76. The Morgan fingerprint density at radius 3 is 2.73 bits per heavy atom. The van der Waals surface area contributed by atoms with Gasteiger partial charge in [0.25, 0.3) is 0 Å². The number of anilines is 1. The van der Waals surface area contributed by atoms with Crippen LogP contribution in [-0.2, 0) is 6.42 Å². The molecule has 0 atom stereocenters. The first-order valence-corrected chi connectivity index (χ1v) is 9.70. The fraction of sp³-hybridized carbons (Fsp3) is 0.158. The molecule has 3 rings (SSSR count). The van der Waals surface area contributed by atoms with E-state index in [0.717, 1.165) is 16.3 Å². The van der Waals surface area contributed by atoms with Crippen LogP contribution in [0.25, 0.3) is 10.6 Å². The van der Waals surface area contributed by atoms with E-state index in [2.05, 4.69) is 62.7 Å². The van der Waals surface area contributed by atoms with Gasteiger partial charge in [0.15, 0.2) is 0 Å². The Balaban J connectivity index is 1.50. The molecule has 0 spiro atoms. The normalized spacial score (nSPS) is 10.6. The lowest BCUT2D eigenvalue weighted by Crippen LogP contribution is -2.30. The molecule has 2 aromatic carbocycles. The first kappa shape index (κ1) is 18.5. The van der Waals surface area contributed by atoms with Crippen LogP contribution in [0.1, 0.15) is 11.3 Å². The first-order chi connectivity index (χ1) is 12.5. The minimum Gasteiger partial charge on any atom is -0.337 e. The number of halogens is 2. The Morgan fingerprint density at radius 1 is 1.23 bits per heavy atom. The summed E-state index contributed by atoms with van der Waals surface area (Å²) in [7, 11) is 0. The lowest BCUT2D eigenvalue weighted by Gasteiger charge is -2.08. The van der Waals surface area contributed by atoms with Crippen LogP contribution in [0.2, 0.25) is 0 Å². The van der Waals surface area contributed by atoms with Crippen LogP contribution in [0.3, 0.4) is 0 Å². The van der Waals surface area contributed by atoms with Gasteiger partial charge < -0.3 is 10.6 Å². The molecular weight excluding hydrogens is 417 g/mol. The molecule has 2 amide bonds. The highest BCUT2D eigenvalue weighted by atomic mass is 79.9. The molecule has 0 aliphatic heterocycles. The molecule has 0 unspecified atom stereocenters. The van der Waals surface area contributed by atoms with Crippen molar-refractivity contribution in [3.63, 3.8) is 0 Å². The average Bonchev–Trinajstić information content (AvgIpc) is 3.07. The van der Waals surface area contributed by atoms with E-state index in [1.807, 2.05) is 5.38 Å². The van der Waals surface area contributed by atoms with Crippen molar-refractivity contribution in [2.24, 2.45) is 0 Å². The Hall–Kier alpha value is -2.25. The first-order valence-electron chi connectivity index (χ1n) is 8.02. The maximum atomic E-state index is 13.1. The molecule has 0 saturated heterocycles. The fourth-order valence-corrected chi connectivity index (χ4v) is 3.62. The van der Waals surface area contributed by atoms with Crippen molar-refractivity contribution in [2.75, 3.05) is 11.9 Å². The number of carbonyl (C=O) groups excluding carboxylic acids is 1. The van der Waals surface area contributed by atoms with E-state index < -0.39 is 0 Å². The molecule has 1 aromatic heterocycles. The van der Waals surface area contributed by atoms with Crippen LogP contribution < -0.4 is 10.6 Å². The number of amides is 2. The lowest BCUT2D eigenvalue weighted by molar-refractivity contribution is 0.252. The van der Waals surface area contributed by atoms with Gasteiger partial charge in [-0.1, -0.05) is 29.8 Å². The molecule has 134 valence electrons. The Morgan fingerprint density at radius 2 is 2.00 bits per heavy atom. The minimum atomic E-state index is -0.365. The zero-order chi connectivity index (χ0) is 18.5. The standard InChI is InChI=1S/C19H17BrFN3OS/c1-12-2-4-13(5-3-12)18-23-15(11-26-18)8-9-22-19(25)24-17-7-6-14(21)10-16(17)20/h2-7,10-11H,8-9H2,1H3,(H2,22,24,25). The quantitative estimate of drug-likeness (QED) is 0.566. The van der Waals surface area contributed by atoms with Crippen molar-refractivity contribution in [1.29, 1.82) is 0 Å². The summed E-state index contributed by atoms with van der Waals surface area (Å²) in [6.07, 6.45) is 0.639. The highest BCUT2D eigenvalue weighted by Gasteiger charge is 2.08. The highest BCUT2D eigenvalue weighted by Crippen LogP contribution is 2.24. The molecule has 0 radical (unpaired) electrons. The van der Waals surface area contributed by atoms with Crippen molar-refractivity contribution in [2.45, 2.75) is 13.3 Å². The summed E-state index contributed by atoms with van der Waals surface area (Å²) >= 11 is 4.81. The van der Waals surface area contributed by atoms with Gasteiger partial charge in [0.05, 0.1) is 11.4 Å². The monoisotopic (exact) mass is 433 g/mol. The van der Waals surface area contributed by atoms with Crippen LogP contribution in [0.4, 0.5) is 14.9 Å². The maximum Gasteiger partial charge on any atom is 0.319 e. The van der Waals surface area contributed by atoms with Crippen LogP contribution in [0, 0.1) is 12.7 Å². The lowest BCUT2D eigenvalue weighted by atomic mass is 10.2. The Bertz CT molecular complexity index is 911. The number of thiazole rings is 1. The van der Waals surface area contributed by atoms with Crippen LogP contribution in [-0.4, -0.2) is 17.6 Å². The van der Waals surface area contributed by atoms with E-state index in [0.29, 0.717) is 23.1 Å². The summed E-state index contributed by atoms with van der Waals surface area (Å²) in [4.78, 5) is 16.6. The number of hydrogen-bond donors (Lipinski definition) is 2. The number of carbonyl (C=O) groups is 1. The number of aromatic nitrogens is 1. The van der Waals surface area contributed by atoms with Crippen LogP contribution >= 0.6 is 27.3 Å². The minimum absolute atomic E-state index is 0.341. The molecule has 0 aliphatic rings. The van der Waals surface area contributed by atoms with Gasteiger partial charge in [0, 0.05) is 28.4 Å². The molecule has 0 fully saturated rings. The summed E-state index contributed by atoms with van der Waals surface area (Å²) in [6, 6.07) is 12.0. The van der Waals surface area contributed by atoms with E-state index in [9.17, 15) is 9.18 Å².